The molecule has 0 aliphatic heterocycles. The van der Waals surface area contributed by atoms with Crippen LogP contribution < -0.4 is 0 Å². The Morgan fingerprint density at radius 3 is 3.17 bits per heavy atom. The van der Waals surface area contributed by atoms with Crippen molar-refractivity contribution in [3.05, 3.63) is 54.3 Å². The first-order valence-electron chi connectivity index (χ1n) is 5.60. The molecular weight excluding hydrogens is 242 g/mol. The van der Waals surface area contributed by atoms with Crippen molar-refractivity contribution < 1.29 is 0 Å². The summed E-state index contributed by atoms with van der Waals surface area (Å²) < 4.78 is 2.06. The summed E-state index contributed by atoms with van der Waals surface area (Å²) in [5.74, 6) is 0. The number of rotatable bonds is 1. The molecule has 18 heavy (non-hydrogen) atoms. The molecule has 0 amide bonds. The molecule has 0 atom stereocenters. The first-order valence-corrected chi connectivity index (χ1v) is 6.48. The minimum atomic E-state index is 0.971. The largest absolute Gasteiger partial charge is 0.290 e. The van der Waals surface area contributed by atoms with Crippen molar-refractivity contribution in [1.82, 2.24) is 14.4 Å². The molecule has 0 aliphatic carbocycles. The molecule has 0 aliphatic rings. The average molecular weight is 250 g/mol. The molecular formula is C14H8N3S. The van der Waals surface area contributed by atoms with E-state index < -0.39 is 0 Å². The van der Waals surface area contributed by atoms with E-state index in [1.54, 1.807) is 11.3 Å². The van der Waals surface area contributed by atoms with Crippen LogP contribution >= 0.6 is 11.3 Å². The predicted octanol–water partition coefficient (Wildman–Crippen LogP) is 3.41. The van der Waals surface area contributed by atoms with E-state index in [0.29, 0.717) is 0 Å². The molecule has 0 spiro atoms. The highest BCUT2D eigenvalue weighted by Crippen LogP contribution is 2.26. The molecule has 0 unspecified atom stereocenters. The Morgan fingerprint density at radius 1 is 1.22 bits per heavy atom. The van der Waals surface area contributed by atoms with E-state index in [0.717, 1.165) is 27.1 Å². The number of pyridine rings is 1. The number of para-hydroxylation sites is 1. The van der Waals surface area contributed by atoms with E-state index in [1.165, 1.54) is 0 Å². The van der Waals surface area contributed by atoms with Crippen molar-refractivity contribution in [1.29, 1.82) is 0 Å². The van der Waals surface area contributed by atoms with E-state index in [-0.39, 0.29) is 0 Å². The SMILES string of the molecule is [c]1nc2ccccc2cc1-c1csc2nccn12. The summed E-state index contributed by atoms with van der Waals surface area (Å²) in [5, 5.41) is 3.22. The lowest BCUT2D eigenvalue weighted by Gasteiger charge is -2.01. The Bertz CT molecular complexity index is 844. The van der Waals surface area contributed by atoms with Gasteiger partial charge in [0.05, 0.1) is 17.4 Å². The predicted molar refractivity (Wildman–Crippen MR) is 72.6 cm³/mol. The van der Waals surface area contributed by atoms with Gasteiger partial charge in [-0.1, -0.05) is 18.2 Å². The van der Waals surface area contributed by atoms with Gasteiger partial charge in [-0.15, -0.1) is 11.3 Å². The molecule has 0 saturated carbocycles. The molecule has 4 heteroatoms. The van der Waals surface area contributed by atoms with E-state index in [9.17, 15) is 0 Å². The maximum Gasteiger partial charge on any atom is 0.194 e. The second kappa shape index (κ2) is 3.65. The normalized spacial score (nSPS) is 11.3. The first kappa shape index (κ1) is 9.79. The summed E-state index contributed by atoms with van der Waals surface area (Å²) in [4.78, 5) is 9.64. The Labute approximate surface area is 107 Å². The number of benzene rings is 1. The van der Waals surface area contributed by atoms with Crippen LogP contribution in [0.25, 0.3) is 27.1 Å². The van der Waals surface area contributed by atoms with Gasteiger partial charge in [0.25, 0.3) is 0 Å². The zero-order valence-electron chi connectivity index (χ0n) is 9.37. The monoisotopic (exact) mass is 250 g/mol. The van der Waals surface area contributed by atoms with Crippen molar-refractivity contribution in [3.63, 3.8) is 0 Å². The fourth-order valence-corrected chi connectivity index (χ4v) is 2.92. The highest BCUT2D eigenvalue weighted by Gasteiger charge is 2.07. The van der Waals surface area contributed by atoms with Crippen LogP contribution in [0.1, 0.15) is 0 Å². The topological polar surface area (TPSA) is 30.2 Å². The maximum absolute atomic E-state index is 4.37. The molecule has 1 aromatic carbocycles. The van der Waals surface area contributed by atoms with E-state index in [1.807, 2.05) is 30.6 Å². The third kappa shape index (κ3) is 1.36. The van der Waals surface area contributed by atoms with E-state index in [2.05, 4.69) is 38.1 Å². The standard InChI is InChI=1S/C14H8N3S/c1-2-4-12-10(3-1)7-11(8-16-12)13-9-18-14-15-5-6-17(13)14/h1-7,9H. The number of hydrogen-bond donors (Lipinski definition) is 0. The van der Waals surface area contributed by atoms with Crippen molar-refractivity contribution >= 4 is 27.2 Å². The minimum Gasteiger partial charge on any atom is -0.290 e. The van der Waals surface area contributed by atoms with Gasteiger partial charge in [0.2, 0.25) is 0 Å². The molecule has 1 radical (unpaired) electrons. The highest BCUT2D eigenvalue weighted by atomic mass is 32.1. The molecule has 4 aromatic rings. The molecule has 0 saturated heterocycles. The number of fused-ring (bicyclic) bond motifs is 2. The van der Waals surface area contributed by atoms with Gasteiger partial charge in [0.1, 0.15) is 0 Å². The van der Waals surface area contributed by atoms with Gasteiger partial charge < -0.3 is 0 Å². The van der Waals surface area contributed by atoms with E-state index >= 15 is 0 Å². The second-order valence-corrected chi connectivity index (χ2v) is 4.88. The maximum atomic E-state index is 4.37. The second-order valence-electron chi connectivity index (χ2n) is 4.04. The Hall–Kier alpha value is -2.20. The van der Waals surface area contributed by atoms with Crippen LogP contribution in [0.15, 0.2) is 48.1 Å². The summed E-state index contributed by atoms with van der Waals surface area (Å²) in [5.41, 5.74) is 3.06. The third-order valence-corrected chi connectivity index (χ3v) is 3.81. The van der Waals surface area contributed by atoms with Crippen LogP contribution in [0.3, 0.4) is 0 Å². The van der Waals surface area contributed by atoms with Crippen LogP contribution in [0, 0.1) is 6.20 Å². The van der Waals surface area contributed by atoms with Crippen LogP contribution in [-0.4, -0.2) is 14.4 Å². The van der Waals surface area contributed by atoms with Crippen LogP contribution in [-0.2, 0) is 0 Å². The van der Waals surface area contributed by atoms with Gasteiger partial charge in [0, 0.05) is 28.7 Å². The number of aromatic nitrogens is 3. The third-order valence-electron chi connectivity index (χ3n) is 2.95. The molecule has 3 nitrogen and oxygen atoms in total. The molecule has 0 bridgehead atoms. The van der Waals surface area contributed by atoms with Crippen LogP contribution in [0.2, 0.25) is 0 Å². The molecule has 4 rings (SSSR count). The molecule has 3 heterocycles. The number of hydrogen-bond acceptors (Lipinski definition) is 3. The highest BCUT2D eigenvalue weighted by molar-refractivity contribution is 7.15. The lowest BCUT2D eigenvalue weighted by Crippen LogP contribution is -1.86. The summed E-state index contributed by atoms with van der Waals surface area (Å²) in [7, 11) is 0. The number of nitrogens with zero attached hydrogens (tertiary/aromatic N) is 3. The molecule has 0 fully saturated rings. The summed E-state index contributed by atoms with van der Waals surface area (Å²) >= 11 is 1.62. The molecule has 85 valence electrons. The summed E-state index contributed by atoms with van der Waals surface area (Å²) in [6, 6.07) is 10.2. The zero-order chi connectivity index (χ0) is 11.9. The Morgan fingerprint density at radius 2 is 2.17 bits per heavy atom. The van der Waals surface area contributed by atoms with Crippen molar-refractivity contribution in [2.45, 2.75) is 0 Å². The van der Waals surface area contributed by atoms with Crippen LogP contribution in [0.5, 0.6) is 0 Å². The fourth-order valence-electron chi connectivity index (χ4n) is 2.07. The van der Waals surface area contributed by atoms with E-state index in [4.69, 9.17) is 0 Å². The first-order chi connectivity index (χ1) is 8.92. The lowest BCUT2D eigenvalue weighted by atomic mass is 10.1. The van der Waals surface area contributed by atoms with Gasteiger partial charge in [-0.25, -0.2) is 9.97 Å². The molecule has 0 N–H and O–H groups in total. The minimum absolute atomic E-state index is 0.971. The zero-order valence-corrected chi connectivity index (χ0v) is 10.2. The van der Waals surface area contributed by atoms with Crippen molar-refractivity contribution in [2.75, 3.05) is 0 Å². The fraction of sp³-hybridized carbons (Fsp3) is 0. The number of thiazole rings is 1. The van der Waals surface area contributed by atoms with Gasteiger partial charge in [-0.2, -0.15) is 0 Å². The molecule has 3 aromatic heterocycles. The summed E-state index contributed by atoms with van der Waals surface area (Å²) in [6.45, 7) is 0. The average Bonchev–Trinajstić information content (AvgIpc) is 3.00. The van der Waals surface area contributed by atoms with Crippen LogP contribution in [0.4, 0.5) is 0 Å². The smallest absolute Gasteiger partial charge is 0.194 e. The Balaban J connectivity index is 1.99. The van der Waals surface area contributed by atoms with Gasteiger partial charge >= 0.3 is 0 Å². The Kier molecular flexibility index (Phi) is 1.98. The van der Waals surface area contributed by atoms with Gasteiger partial charge in [-0.05, 0) is 12.1 Å². The van der Waals surface area contributed by atoms with Gasteiger partial charge in [-0.3, -0.25) is 4.40 Å². The van der Waals surface area contributed by atoms with Gasteiger partial charge in [0.15, 0.2) is 4.96 Å². The summed E-state index contributed by atoms with van der Waals surface area (Å²) in [6.07, 6.45) is 6.88. The van der Waals surface area contributed by atoms with Crippen molar-refractivity contribution in [2.24, 2.45) is 0 Å². The number of imidazole rings is 1. The lowest BCUT2D eigenvalue weighted by molar-refractivity contribution is 1.23. The van der Waals surface area contributed by atoms with Crippen molar-refractivity contribution in [3.8, 4) is 11.3 Å². The quantitative estimate of drug-likeness (QED) is 0.518.